The molecule has 0 saturated heterocycles. The van der Waals surface area contributed by atoms with Crippen molar-refractivity contribution >= 4 is 17.8 Å². The first-order valence-corrected chi connectivity index (χ1v) is 6.56. The summed E-state index contributed by atoms with van der Waals surface area (Å²) in [5.74, 6) is -3.19. The van der Waals surface area contributed by atoms with Crippen LogP contribution < -0.4 is 10.6 Å². The molecule has 0 aromatic heterocycles. The molecular formula is C14H16N2O5. The van der Waals surface area contributed by atoms with Crippen molar-refractivity contribution in [3.05, 3.63) is 34.9 Å². The number of nitrogens with one attached hydrogen (secondary N) is 2. The zero-order valence-electron chi connectivity index (χ0n) is 11.3. The molecule has 4 N–H and O–H groups in total. The molecular weight excluding hydrogens is 276 g/mol. The first-order valence-electron chi connectivity index (χ1n) is 6.56. The highest BCUT2D eigenvalue weighted by atomic mass is 16.4. The van der Waals surface area contributed by atoms with E-state index >= 15 is 0 Å². The van der Waals surface area contributed by atoms with E-state index < -0.39 is 30.3 Å². The molecule has 1 aromatic carbocycles. The van der Waals surface area contributed by atoms with Gasteiger partial charge in [0.05, 0.1) is 6.42 Å². The minimum absolute atomic E-state index is 0.408. The van der Waals surface area contributed by atoms with Gasteiger partial charge in [-0.2, -0.15) is 0 Å². The average molecular weight is 292 g/mol. The van der Waals surface area contributed by atoms with Gasteiger partial charge >= 0.3 is 11.9 Å². The van der Waals surface area contributed by atoms with E-state index in [0.29, 0.717) is 18.5 Å². The third-order valence-electron chi connectivity index (χ3n) is 3.37. The number of carboxylic acid groups (broad SMARTS) is 2. The van der Waals surface area contributed by atoms with Crippen LogP contribution in [0, 0.1) is 0 Å². The zero-order valence-corrected chi connectivity index (χ0v) is 11.3. The van der Waals surface area contributed by atoms with E-state index in [1.54, 1.807) is 12.1 Å². The number of hydrogen-bond donors (Lipinski definition) is 4. The molecule has 2 rings (SSSR count). The molecule has 1 heterocycles. The monoisotopic (exact) mass is 292 g/mol. The summed E-state index contributed by atoms with van der Waals surface area (Å²) >= 11 is 0. The number of fused-ring (bicyclic) bond motifs is 1. The largest absolute Gasteiger partial charge is 0.481 e. The maximum atomic E-state index is 12.2. The van der Waals surface area contributed by atoms with E-state index in [4.69, 9.17) is 10.2 Å². The van der Waals surface area contributed by atoms with Crippen LogP contribution in [0.25, 0.3) is 0 Å². The minimum Gasteiger partial charge on any atom is -0.481 e. The first kappa shape index (κ1) is 15.0. The number of rotatable bonds is 5. The summed E-state index contributed by atoms with van der Waals surface area (Å²) in [6.45, 7) is 1.41. The molecule has 0 radical (unpaired) electrons. The molecule has 1 atom stereocenters. The lowest BCUT2D eigenvalue weighted by Crippen LogP contribution is -2.42. The molecule has 1 aliphatic heterocycles. The lowest BCUT2D eigenvalue weighted by molar-refractivity contribution is -0.145. The van der Waals surface area contributed by atoms with Crippen LogP contribution in [0.5, 0.6) is 0 Å². The maximum absolute atomic E-state index is 12.2. The van der Waals surface area contributed by atoms with E-state index in [-0.39, 0.29) is 0 Å². The fraction of sp³-hybridized carbons (Fsp3) is 0.357. The third kappa shape index (κ3) is 3.57. The van der Waals surface area contributed by atoms with Crippen molar-refractivity contribution in [2.45, 2.75) is 25.4 Å². The molecule has 7 nitrogen and oxygen atoms in total. The molecule has 1 aliphatic rings. The van der Waals surface area contributed by atoms with Gasteiger partial charge in [0.2, 0.25) is 0 Å². The van der Waals surface area contributed by atoms with Crippen LogP contribution in [0.3, 0.4) is 0 Å². The fourth-order valence-electron chi connectivity index (χ4n) is 2.36. The van der Waals surface area contributed by atoms with Crippen LogP contribution in [0.2, 0.25) is 0 Å². The van der Waals surface area contributed by atoms with E-state index in [2.05, 4.69) is 10.6 Å². The number of amides is 1. The predicted molar refractivity (Wildman–Crippen MR) is 73.0 cm³/mol. The topological polar surface area (TPSA) is 116 Å². The highest BCUT2D eigenvalue weighted by Gasteiger charge is 2.25. The van der Waals surface area contributed by atoms with E-state index in [1.807, 2.05) is 6.07 Å². The number of carbonyl (C=O) groups excluding carboxylic acids is 1. The molecule has 0 bridgehead atoms. The number of hydrogen-bond acceptors (Lipinski definition) is 4. The van der Waals surface area contributed by atoms with Gasteiger partial charge in [0, 0.05) is 12.1 Å². The summed E-state index contributed by atoms with van der Waals surface area (Å²) in [5.41, 5.74) is 2.29. The van der Waals surface area contributed by atoms with Gasteiger partial charge in [0.15, 0.2) is 0 Å². The summed E-state index contributed by atoms with van der Waals surface area (Å²) in [5, 5.41) is 23.1. The minimum atomic E-state index is -1.44. The molecule has 0 spiro atoms. The van der Waals surface area contributed by atoms with Gasteiger partial charge in [-0.3, -0.25) is 9.59 Å². The Morgan fingerprint density at radius 1 is 1.29 bits per heavy atom. The van der Waals surface area contributed by atoms with Gasteiger partial charge in [-0.25, -0.2) is 4.79 Å². The number of benzene rings is 1. The summed E-state index contributed by atoms with van der Waals surface area (Å²) < 4.78 is 0. The molecule has 1 unspecified atom stereocenters. The highest BCUT2D eigenvalue weighted by molar-refractivity contribution is 5.98. The van der Waals surface area contributed by atoms with Gasteiger partial charge in [0.1, 0.15) is 6.04 Å². The molecule has 1 amide bonds. The van der Waals surface area contributed by atoms with Crippen molar-refractivity contribution in [1.82, 2.24) is 10.6 Å². The lowest BCUT2D eigenvalue weighted by Gasteiger charge is -2.21. The van der Waals surface area contributed by atoms with Gasteiger partial charge in [0.25, 0.3) is 5.91 Å². The Morgan fingerprint density at radius 3 is 2.71 bits per heavy atom. The quantitative estimate of drug-likeness (QED) is 0.606. The van der Waals surface area contributed by atoms with Crippen molar-refractivity contribution in [2.75, 3.05) is 6.54 Å². The fourth-order valence-corrected chi connectivity index (χ4v) is 2.36. The Hall–Kier alpha value is -2.41. The van der Waals surface area contributed by atoms with Crippen LogP contribution >= 0.6 is 0 Å². The van der Waals surface area contributed by atoms with Gasteiger partial charge in [-0.15, -0.1) is 0 Å². The van der Waals surface area contributed by atoms with Crippen molar-refractivity contribution in [3.63, 3.8) is 0 Å². The first-order chi connectivity index (χ1) is 9.99. The predicted octanol–water partition coefficient (Wildman–Crippen LogP) is -0.0100. The Balaban J connectivity index is 2.20. The smallest absolute Gasteiger partial charge is 0.326 e. The zero-order chi connectivity index (χ0) is 15.4. The number of carboxylic acids is 2. The Morgan fingerprint density at radius 2 is 2.05 bits per heavy atom. The van der Waals surface area contributed by atoms with Crippen LogP contribution in [0.4, 0.5) is 0 Å². The van der Waals surface area contributed by atoms with E-state index in [1.165, 1.54) is 0 Å². The molecule has 0 aliphatic carbocycles. The van der Waals surface area contributed by atoms with Gasteiger partial charge < -0.3 is 20.8 Å². The number of carbonyl (C=O) groups is 3. The normalized spacial score (nSPS) is 14.9. The Bertz CT molecular complexity index is 585. The van der Waals surface area contributed by atoms with Gasteiger partial charge in [-0.1, -0.05) is 12.1 Å². The second-order valence-electron chi connectivity index (χ2n) is 4.83. The van der Waals surface area contributed by atoms with E-state index in [0.717, 1.165) is 17.7 Å². The van der Waals surface area contributed by atoms with Crippen LogP contribution in [0.15, 0.2) is 18.2 Å². The maximum Gasteiger partial charge on any atom is 0.326 e. The van der Waals surface area contributed by atoms with Crippen molar-refractivity contribution in [1.29, 1.82) is 0 Å². The summed E-state index contributed by atoms with van der Waals surface area (Å²) in [6.07, 6.45) is 0.0211. The standard InChI is InChI=1S/C14H16N2O5/c17-12(18)6-11(14(20)21)16-13(19)10-3-1-2-8-7-15-5-4-9(8)10/h1-3,11,15H,4-7H2,(H,16,19)(H,17,18)(H,20,21). The second-order valence-corrected chi connectivity index (χ2v) is 4.83. The lowest BCUT2D eigenvalue weighted by atomic mass is 9.95. The van der Waals surface area contributed by atoms with Crippen molar-refractivity contribution in [3.8, 4) is 0 Å². The molecule has 112 valence electrons. The third-order valence-corrected chi connectivity index (χ3v) is 3.37. The average Bonchev–Trinajstić information content (AvgIpc) is 2.45. The van der Waals surface area contributed by atoms with Gasteiger partial charge in [-0.05, 0) is 30.2 Å². The number of aliphatic carboxylic acids is 2. The summed E-state index contributed by atoms with van der Waals surface area (Å²) in [6, 6.07) is 3.82. The molecule has 7 heteroatoms. The highest BCUT2D eigenvalue weighted by Crippen LogP contribution is 2.18. The second kappa shape index (κ2) is 6.36. The van der Waals surface area contributed by atoms with E-state index in [9.17, 15) is 14.4 Å². The molecule has 0 fully saturated rings. The Labute approximate surface area is 121 Å². The van der Waals surface area contributed by atoms with Crippen molar-refractivity contribution in [2.24, 2.45) is 0 Å². The summed E-state index contributed by atoms with van der Waals surface area (Å²) in [7, 11) is 0. The SMILES string of the molecule is O=C(O)CC(NC(=O)c1cccc2c1CCNC2)C(=O)O. The molecule has 21 heavy (non-hydrogen) atoms. The van der Waals surface area contributed by atoms with Crippen LogP contribution in [-0.4, -0.2) is 40.6 Å². The van der Waals surface area contributed by atoms with Crippen LogP contribution in [0.1, 0.15) is 27.9 Å². The molecule has 1 aromatic rings. The summed E-state index contributed by atoms with van der Waals surface area (Å²) in [4.78, 5) is 33.9. The molecule has 0 saturated carbocycles. The Kier molecular flexibility index (Phi) is 4.54. The van der Waals surface area contributed by atoms with Crippen LogP contribution in [-0.2, 0) is 22.6 Å². The van der Waals surface area contributed by atoms with Crippen molar-refractivity contribution < 1.29 is 24.6 Å².